The summed E-state index contributed by atoms with van der Waals surface area (Å²) in [5.74, 6) is 1.13. The zero-order valence-corrected chi connectivity index (χ0v) is 23.1. The molecule has 1 aliphatic rings. The number of methoxy groups -OCH3 is 1. The summed E-state index contributed by atoms with van der Waals surface area (Å²) in [4.78, 5) is 47.2. The smallest absolute Gasteiger partial charge is 0.255 e. The molecule has 206 valence electrons. The van der Waals surface area contributed by atoms with Gasteiger partial charge in [0.2, 0.25) is 11.9 Å². The van der Waals surface area contributed by atoms with Crippen LogP contribution in [0.4, 0.5) is 5.82 Å². The van der Waals surface area contributed by atoms with Crippen molar-refractivity contribution in [3.63, 3.8) is 0 Å². The van der Waals surface area contributed by atoms with Crippen LogP contribution in [0.1, 0.15) is 22.3 Å². The minimum absolute atomic E-state index is 0.114. The predicted octanol–water partition coefficient (Wildman–Crippen LogP) is 3.41. The van der Waals surface area contributed by atoms with Crippen LogP contribution in [0.25, 0.3) is 5.95 Å². The van der Waals surface area contributed by atoms with E-state index in [2.05, 4.69) is 25.3 Å². The Bertz CT molecular complexity index is 1490. The maximum Gasteiger partial charge on any atom is 0.255 e. The molecule has 40 heavy (non-hydrogen) atoms. The summed E-state index contributed by atoms with van der Waals surface area (Å²) in [5.41, 5.74) is 1.32. The maximum atomic E-state index is 13.2. The van der Waals surface area contributed by atoms with Crippen LogP contribution in [0, 0.1) is 0 Å². The largest absolute Gasteiger partial charge is 0.495 e. The van der Waals surface area contributed by atoms with E-state index in [-0.39, 0.29) is 36.0 Å². The number of rotatable bonds is 8. The number of imidazole rings is 1. The quantitative estimate of drug-likeness (QED) is 0.315. The summed E-state index contributed by atoms with van der Waals surface area (Å²) >= 11 is 12.6. The van der Waals surface area contributed by atoms with Crippen molar-refractivity contribution in [1.29, 1.82) is 0 Å². The topological polar surface area (TPSA) is 118 Å². The second kappa shape index (κ2) is 12.3. The average molecular weight is 581 g/mol. The van der Waals surface area contributed by atoms with Crippen molar-refractivity contribution in [2.75, 3.05) is 31.6 Å². The van der Waals surface area contributed by atoms with E-state index in [4.69, 9.17) is 27.9 Å². The lowest BCUT2D eigenvalue weighted by atomic mass is 10.1. The van der Waals surface area contributed by atoms with Crippen molar-refractivity contribution >= 4 is 40.8 Å². The molecule has 1 atom stereocenters. The van der Waals surface area contributed by atoms with Crippen LogP contribution in [-0.2, 0) is 11.3 Å². The van der Waals surface area contributed by atoms with Crippen LogP contribution in [0.3, 0.4) is 0 Å². The number of amides is 2. The van der Waals surface area contributed by atoms with Crippen LogP contribution in [-0.4, -0.2) is 74.0 Å². The molecule has 3 aromatic heterocycles. The van der Waals surface area contributed by atoms with E-state index in [0.29, 0.717) is 47.7 Å². The molecule has 0 aliphatic carbocycles. The third-order valence-corrected chi connectivity index (χ3v) is 6.99. The lowest BCUT2D eigenvalue weighted by molar-refractivity contribution is -0.121. The van der Waals surface area contributed by atoms with E-state index in [9.17, 15) is 9.59 Å². The second-order valence-electron chi connectivity index (χ2n) is 9.11. The highest BCUT2D eigenvalue weighted by molar-refractivity contribution is 6.32. The number of benzene rings is 1. The molecule has 0 radical (unpaired) electrons. The molecule has 5 rings (SSSR count). The predicted molar refractivity (Wildman–Crippen MR) is 150 cm³/mol. The van der Waals surface area contributed by atoms with Crippen molar-refractivity contribution in [2.45, 2.75) is 19.0 Å². The number of nitrogens with one attached hydrogen (secondary N) is 1. The third kappa shape index (κ3) is 6.32. The SMILES string of the molecule is COc1ccc(CNC(=O)CC2CN(C(=O)c3cccnc3)CCN2c2cc(Cl)nc(-n3ccnc3)n2)cc1Cl. The van der Waals surface area contributed by atoms with Crippen molar-refractivity contribution in [3.8, 4) is 11.7 Å². The lowest BCUT2D eigenvalue weighted by Crippen LogP contribution is -2.56. The maximum absolute atomic E-state index is 13.2. The van der Waals surface area contributed by atoms with Gasteiger partial charge in [0.05, 0.1) is 23.7 Å². The number of piperazine rings is 1. The first-order valence-corrected chi connectivity index (χ1v) is 13.2. The highest BCUT2D eigenvalue weighted by atomic mass is 35.5. The van der Waals surface area contributed by atoms with Crippen LogP contribution in [0.5, 0.6) is 5.75 Å². The van der Waals surface area contributed by atoms with E-state index in [0.717, 1.165) is 5.56 Å². The summed E-state index contributed by atoms with van der Waals surface area (Å²) < 4.78 is 6.85. The first-order valence-electron chi connectivity index (χ1n) is 12.5. The summed E-state index contributed by atoms with van der Waals surface area (Å²) in [6.07, 6.45) is 8.19. The van der Waals surface area contributed by atoms with Gasteiger partial charge in [0.25, 0.3) is 5.91 Å². The summed E-state index contributed by atoms with van der Waals surface area (Å²) in [5, 5.41) is 3.67. The fraction of sp³-hybridized carbons (Fsp3) is 0.259. The van der Waals surface area contributed by atoms with Gasteiger partial charge in [0, 0.05) is 63.5 Å². The molecule has 2 amide bonds. The van der Waals surface area contributed by atoms with Gasteiger partial charge < -0.3 is 19.9 Å². The number of hydrogen-bond donors (Lipinski definition) is 1. The highest BCUT2D eigenvalue weighted by Gasteiger charge is 2.33. The second-order valence-corrected chi connectivity index (χ2v) is 9.90. The molecule has 0 spiro atoms. The number of carbonyl (C=O) groups is 2. The fourth-order valence-electron chi connectivity index (χ4n) is 4.53. The van der Waals surface area contributed by atoms with Gasteiger partial charge in [-0.15, -0.1) is 0 Å². The normalized spacial score (nSPS) is 15.1. The Kier molecular flexibility index (Phi) is 8.42. The fourth-order valence-corrected chi connectivity index (χ4v) is 4.98. The molecule has 1 fully saturated rings. The molecule has 0 bridgehead atoms. The van der Waals surface area contributed by atoms with Gasteiger partial charge >= 0.3 is 0 Å². The minimum Gasteiger partial charge on any atom is -0.495 e. The van der Waals surface area contributed by atoms with Gasteiger partial charge in [0.15, 0.2) is 0 Å². The minimum atomic E-state index is -0.379. The Morgan fingerprint density at radius 1 is 1.10 bits per heavy atom. The number of carbonyl (C=O) groups excluding carboxylic acids is 2. The lowest BCUT2D eigenvalue weighted by Gasteiger charge is -2.42. The van der Waals surface area contributed by atoms with E-state index < -0.39 is 0 Å². The standard InChI is InChI=1S/C27H26Cl2N8O3/c1-40-22-5-4-18(11-21(22)28)14-32-25(38)12-20-16-35(26(39)19-3-2-6-30-15-19)9-10-37(20)24-13-23(29)33-27(34-24)36-8-7-31-17-36/h2-8,11,13,15,17,20H,9-10,12,14,16H2,1H3,(H,32,38). The van der Waals surface area contributed by atoms with Gasteiger partial charge in [-0.1, -0.05) is 29.3 Å². The summed E-state index contributed by atoms with van der Waals surface area (Å²) in [6.45, 7) is 1.46. The zero-order valence-electron chi connectivity index (χ0n) is 21.6. The number of halogens is 2. The Morgan fingerprint density at radius 3 is 2.70 bits per heavy atom. The number of nitrogens with zero attached hydrogens (tertiary/aromatic N) is 7. The summed E-state index contributed by atoms with van der Waals surface area (Å²) in [7, 11) is 1.55. The van der Waals surface area contributed by atoms with Gasteiger partial charge in [-0.05, 0) is 29.8 Å². The molecule has 1 unspecified atom stereocenters. The number of ether oxygens (including phenoxy) is 1. The van der Waals surface area contributed by atoms with Gasteiger partial charge in [-0.25, -0.2) is 9.97 Å². The Hall–Kier alpha value is -4.22. The van der Waals surface area contributed by atoms with E-state index in [1.165, 1.54) is 6.20 Å². The third-order valence-electron chi connectivity index (χ3n) is 6.50. The van der Waals surface area contributed by atoms with Crippen molar-refractivity contribution in [1.82, 2.24) is 34.7 Å². The molecule has 4 heterocycles. The molecule has 4 aromatic rings. The molecule has 1 saturated heterocycles. The first-order chi connectivity index (χ1) is 19.4. The molecule has 1 aromatic carbocycles. The van der Waals surface area contributed by atoms with Crippen LogP contribution < -0.4 is 15.0 Å². The zero-order chi connectivity index (χ0) is 28.1. The average Bonchev–Trinajstić information content (AvgIpc) is 3.51. The Labute approximate surface area is 240 Å². The monoisotopic (exact) mass is 580 g/mol. The summed E-state index contributed by atoms with van der Waals surface area (Å²) in [6, 6.07) is 10.1. The molecule has 13 heteroatoms. The van der Waals surface area contributed by atoms with E-state index in [1.54, 1.807) is 71.8 Å². The highest BCUT2D eigenvalue weighted by Crippen LogP contribution is 2.26. The number of aromatic nitrogens is 5. The molecule has 0 saturated carbocycles. The number of anilines is 1. The van der Waals surface area contributed by atoms with Gasteiger partial charge in [-0.2, -0.15) is 4.98 Å². The first kappa shape index (κ1) is 27.4. The Balaban J connectivity index is 1.36. The van der Waals surface area contributed by atoms with Crippen molar-refractivity contribution < 1.29 is 14.3 Å². The van der Waals surface area contributed by atoms with Crippen molar-refractivity contribution in [3.05, 3.63) is 88.8 Å². The van der Waals surface area contributed by atoms with Gasteiger partial charge in [0.1, 0.15) is 23.0 Å². The molecule has 1 aliphatic heterocycles. The van der Waals surface area contributed by atoms with Crippen LogP contribution >= 0.6 is 23.2 Å². The van der Waals surface area contributed by atoms with Gasteiger partial charge in [-0.3, -0.25) is 19.1 Å². The van der Waals surface area contributed by atoms with Crippen LogP contribution in [0.2, 0.25) is 10.2 Å². The molecule has 1 N–H and O–H groups in total. The molecular formula is C27H26Cl2N8O3. The molecular weight excluding hydrogens is 555 g/mol. The van der Waals surface area contributed by atoms with Crippen LogP contribution in [0.15, 0.2) is 67.5 Å². The molecule has 11 nitrogen and oxygen atoms in total. The number of pyridine rings is 1. The van der Waals surface area contributed by atoms with Crippen molar-refractivity contribution in [2.24, 2.45) is 0 Å². The van der Waals surface area contributed by atoms with E-state index >= 15 is 0 Å². The van der Waals surface area contributed by atoms with E-state index in [1.807, 2.05) is 11.0 Å². The Morgan fingerprint density at radius 2 is 1.98 bits per heavy atom. The number of hydrogen-bond acceptors (Lipinski definition) is 8.